The smallest absolute Gasteiger partial charge is 0.161 e. The Morgan fingerprint density at radius 3 is 1.61 bits per heavy atom. The van der Waals surface area contributed by atoms with E-state index >= 15 is 0 Å². The van der Waals surface area contributed by atoms with Crippen LogP contribution in [0.3, 0.4) is 0 Å². The van der Waals surface area contributed by atoms with Crippen molar-refractivity contribution in [3.63, 3.8) is 0 Å². The Kier molecular flexibility index (Phi) is 4.24. The molecular formula is C16H18O2. The molecule has 0 aromatic heterocycles. The molecule has 0 saturated carbocycles. The average Bonchev–Trinajstić information content (AvgIpc) is 2.39. The van der Waals surface area contributed by atoms with Crippen molar-refractivity contribution >= 4 is 0 Å². The van der Waals surface area contributed by atoms with Gasteiger partial charge in [0, 0.05) is 0 Å². The number of aryl methyl sites for hydroxylation is 2. The molecule has 0 spiro atoms. The third-order valence-electron chi connectivity index (χ3n) is 2.62. The molecule has 2 heteroatoms. The molecule has 0 fully saturated rings. The van der Waals surface area contributed by atoms with Crippen LogP contribution in [0.4, 0.5) is 0 Å². The maximum Gasteiger partial charge on any atom is 0.161 e. The zero-order valence-electron chi connectivity index (χ0n) is 10.8. The van der Waals surface area contributed by atoms with Crippen molar-refractivity contribution in [3.8, 4) is 11.5 Å². The summed E-state index contributed by atoms with van der Waals surface area (Å²) < 4.78 is 10.6. The van der Waals surface area contributed by atoms with Crippen LogP contribution in [0.25, 0.3) is 0 Å². The van der Waals surface area contributed by atoms with E-state index in [1.165, 1.54) is 11.1 Å². The van der Waals surface area contributed by atoms with Gasteiger partial charge in [0.15, 0.2) is 11.5 Å². The molecule has 94 valence electrons. The highest BCUT2D eigenvalue weighted by molar-refractivity contribution is 5.40. The Hall–Kier alpha value is -1.96. The second-order valence-corrected chi connectivity index (χ2v) is 4.30. The fraction of sp³-hybridized carbons (Fsp3) is 0.250. The molecule has 0 radical (unpaired) electrons. The van der Waals surface area contributed by atoms with E-state index in [4.69, 9.17) is 9.47 Å². The van der Waals surface area contributed by atoms with Crippen molar-refractivity contribution in [2.75, 3.05) is 13.2 Å². The highest BCUT2D eigenvalue weighted by atomic mass is 16.6. The molecule has 2 nitrogen and oxygen atoms in total. The van der Waals surface area contributed by atoms with Crippen molar-refractivity contribution in [2.24, 2.45) is 0 Å². The topological polar surface area (TPSA) is 18.5 Å². The molecule has 0 bridgehead atoms. The highest BCUT2D eigenvalue weighted by Crippen LogP contribution is 2.28. The molecule has 2 aromatic carbocycles. The fourth-order valence-corrected chi connectivity index (χ4v) is 1.80. The number of benzene rings is 2. The van der Waals surface area contributed by atoms with Gasteiger partial charge in [-0.1, -0.05) is 47.5 Å². The van der Waals surface area contributed by atoms with E-state index in [0.717, 1.165) is 11.5 Å². The molecule has 18 heavy (non-hydrogen) atoms. The molecule has 3 rings (SSSR count). The lowest BCUT2D eigenvalue weighted by Gasteiger charge is -2.17. The van der Waals surface area contributed by atoms with Crippen molar-refractivity contribution in [2.45, 2.75) is 13.8 Å². The van der Waals surface area contributed by atoms with Gasteiger partial charge in [-0.3, -0.25) is 0 Å². The van der Waals surface area contributed by atoms with Crippen molar-refractivity contribution in [3.05, 3.63) is 59.7 Å². The van der Waals surface area contributed by atoms with Crippen molar-refractivity contribution in [1.29, 1.82) is 0 Å². The molecule has 0 N–H and O–H groups in total. The number of para-hydroxylation sites is 2. The summed E-state index contributed by atoms with van der Waals surface area (Å²) in [6.07, 6.45) is 0. The summed E-state index contributed by atoms with van der Waals surface area (Å²) in [6, 6.07) is 16.1. The molecule has 0 atom stereocenters. The Morgan fingerprint density at radius 1 is 0.722 bits per heavy atom. The van der Waals surface area contributed by atoms with Crippen molar-refractivity contribution in [1.82, 2.24) is 0 Å². The third kappa shape index (κ3) is 3.52. The molecule has 1 heterocycles. The summed E-state index contributed by atoms with van der Waals surface area (Å²) in [7, 11) is 0. The SMILES string of the molecule is Cc1cccc(C)c1.c1ccc2c(c1)OCCO2. The molecule has 0 saturated heterocycles. The Balaban J connectivity index is 0.000000138. The van der Waals surface area contributed by atoms with Gasteiger partial charge in [0.1, 0.15) is 13.2 Å². The lowest BCUT2D eigenvalue weighted by Crippen LogP contribution is -2.14. The normalized spacial score (nSPS) is 12.3. The summed E-state index contributed by atoms with van der Waals surface area (Å²) in [6.45, 7) is 5.54. The first-order valence-electron chi connectivity index (χ1n) is 6.13. The minimum atomic E-state index is 0.664. The molecule has 2 aromatic rings. The van der Waals surface area contributed by atoms with Crippen LogP contribution in [0.15, 0.2) is 48.5 Å². The number of rotatable bonds is 0. The predicted octanol–water partition coefficient (Wildman–Crippen LogP) is 3.76. The number of ether oxygens (including phenoxy) is 2. The maximum absolute atomic E-state index is 5.30. The third-order valence-corrected chi connectivity index (χ3v) is 2.62. The maximum atomic E-state index is 5.30. The Labute approximate surface area is 108 Å². The summed E-state index contributed by atoms with van der Waals surface area (Å²) >= 11 is 0. The van der Waals surface area contributed by atoms with Crippen LogP contribution in [0.1, 0.15) is 11.1 Å². The van der Waals surface area contributed by atoms with E-state index in [1.807, 2.05) is 24.3 Å². The van der Waals surface area contributed by atoms with E-state index in [0.29, 0.717) is 13.2 Å². The van der Waals surface area contributed by atoms with Gasteiger partial charge >= 0.3 is 0 Å². The van der Waals surface area contributed by atoms with Crippen LogP contribution >= 0.6 is 0 Å². The molecule has 0 aliphatic carbocycles. The monoisotopic (exact) mass is 242 g/mol. The summed E-state index contributed by atoms with van der Waals surface area (Å²) in [4.78, 5) is 0. The summed E-state index contributed by atoms with van der Waals surface area (Å²) in [5.74, 6) is 1.71. The number of hydrogen-bond acceptors (Lipinski definition) is 2. The first kappa shape index (κ1) is 12.5. The molecule has 0 unspecified atom stereocenters. The van der Waals surface area contributed by atoms with Crippen LogP contribution < -0.4 is 9.47 Å². The largest absolute Gasteiger partial charge is 0.486 e. The number of fused-ring (bicyclic) bond motifs is 1. The lowest BCUT2D eigenvalue weighted by molar-refractivity contribution is 0.171. The minimum absolute atomic E-state index is 0.664. The predicted molar refractivity (Wildman–Crippen MR) is 73.3 cm³/mol. The highest BCUT2D eigenvalue weighted by Gasteiger charge is 2.07. The van der Waals surface area contributed by atoms with E-state index in [-0.39, 0.29) is 0 Å². The molecular weight excluding hydrogens is 224 g/mol. The van der Waals surface area contributed by atoms with Crippen LogP contribution in [0.2, 0.25) is 0 Å². The van der Waals surface area contributed by atoms with Crippen LogP contribution in [0.5, 0.6) is 11.5 Å². The van der Waals surface area contributed by atoms with Gasteiger partial charge in [0.2, 0.25) is 0 Å². The summed E-state index contributed by atoms with van der Waals surface area (Å²) in [5, 5.41) is 0. The van der Waals surface area contributed by atoms with Gasteiger partial charge < -0.3 is 9.47 Å². The van der Waals surface area contributed by atoms with Gasteiger partial charge in [-0.25, -0.2) is 0 Å². The minimum Gasteiger partial charge on any atom is -0.486 e. The van der Waals surface area contributed by atoms with Crippen molar-refractivity contribution < 1.29 is 9.47 Å². The van der Waals surface area contributed by atoms with E-state index < -0.39 is 0 Å². The van der Waals surface area contributed by atoms with Gasteiger partial charge in [-0.15, -0.1) is 0 Å². The average molecular weight is 242 g/mol. The fourth-order valence-electron chi connectivity index (χ4n) is 1.80. The van der Waals surface area contributed by atoms with Crippen LogP contribution in [-0.2, 0) is 0 Å². The quantitative estimate of drug-likeness (QED) is 0.700. The first-order chi connectivity index (χ1) is 8.75. The lowest BCUT2D eigenvalue weighted by atomic mass is 10.2. The number of hydrogen-bond donors (Lipinski definition) is 0. The molecule has 1 aliphatic rings. The zero-order valence-corrected chi connectivity index (χ0v) is 10.8. The van der Waals surface area contributed by atoms with E-state index in [9.17, 15) is 0 Å². The van der Waals surface area contributed by atoms with Gasteiger partial charge in [-0.2, -0.15) is 0 Å². The van der Waals surface area contributed by atoms with E-state index in [2.05, 4.69) is 38.1 Å². The first-order valence-corrected chi connectivity index (χ1v) is 6.13. The standard InChI is InChI=1S/C8H8O2.C8H10/c1-2-4-8-7(3-1)9-5-6-10-8;1-7-4-3-5-8(2)6-7/h1-4H,5-6H2;3-6H,1-2H3. The zero-order chi connectivity index (χ0) is 12.8. The molecule has 0 amide bonds. The Morgan fingerprint density at radius 2 is 1.22 bits per heavy atom. The van der Waals surface area contributed by atoms with Crippen LogP contribution in [0, 0.1) is 13.8 Å². The van der Waals surface area contributed by atoms with Gasteiger partial charge in [0.25, 0.3) is 0 Å². The summed E-state index contributed by atoms with van der Waals surface area (Å²) in [5.41, 5.74) is 2.68. The van der Waals surface area contributed by atoms with E-state index in [1.54, 1.807) is 0 Å². The van der Waals surface area contributed by atoms with Gasteiger partial charge in [0.05, 0.1) is 0 Å². The second kappa shape index (κ2) is 6.10. The Bertz CT molecular complexity index is 464. The van der Waals surface area contributed by atoms with Crippen LogP contribution in [-0.4, -0.2) is 13.2 Å². The second-order valence-electron chi connectivity index (χ2n) is 4.30. The van der Waals surface area contributed by atoms with Gasteiger partial charge in [-0.05, 0) is 26.0 Å². The molecule has 1 aliphatic heterocycles.